The Kier molecular flexibility index (Phi) is 5.83. The van der Waals surface area contributed by atoms with Gasteiger partial charge in [-0.2, -0.15) is 0 Å². The van der Waals surface area contributed by atoms with Gasteiger partial charge < -0.3 is 19.5 Å². The van der Waals surface area contributed by atoms with Crippen molar-refractivity contribution in [2.75, 3.05) is 0 Å². The highest BCUT2D eigenvalue weighted by atomic mass is 16.5. The van der Waals surface area contributed by atoms with Crippen molar-refractivity contribution in [3.05, 3.63) is 41.3 Å². The van der Waals surface area contributed by atoms with E-state index in [4.69, 9.17) is 9.39 Å². The molecule has 0 saturated carbocycles. The summed E-state index contributed by atoms with van der Waals surface area (Å²) in [5.41, 5.74) is 1.74. The zero-order valence-electron chi connectivity index (χ0n) is 16.6. The second kappa shape index (κ2) is 7.99. The molecule has 0 amide bonds. The molecule has 0 unspecified atom stereocenters. The van der Waals surface area contributed by atoms with Gasteiger partial charge in [0.25, 0.3) is 0 Å². The Balaban J connectivity index is 1.72. The highest BCUT2D eigenvalue weighted by Gasteiger charge is 2.31. The van der Waals surface area contributed by atoms with Crippen LogP contribution >= 0.6 is 0 Å². The number of carbonyl (C=O) groups excluding carboxylic acids is 1. The minimum Gasteiger partial charge on any atom is -0.437 e. The molecular formula is C20H25BN2O5. The molecule has 8 heteroatoms. The van der Waals surface area contributed by atoms with Crippen LogP contribution in [0.25, 0.3) is 0 Å². The number of aromatic nitrogens is 2. The van der Waals surface area contributed by atoms with Crippen molar-refractivity contribution in [3.63, 3.8) is 0 Å². The van der Waals surface area contributed by atoms with Crippen LogP contribution in [0.15, 0.2) is 24.5 Å². The van der Waals surface area contributed by atoms with Crippen LogP contribution in [0.1, 0.15) is 55.2 Å². The second-order valence-electron chi connectivity index (χ2n) is 7.65. The first-order chi connectivity index (χ1) is 13.2. The fraction of sp³-hybridized carbons (Fsp3) is 0.450. The molecule has 2 heterocycles. The van der Waals surface area contributed by atoms with Crippen LogP contribution in [-0.2, 0) is 11.3 Å². The number of nitrogens with zero attached hydrogens (tertiary/aromatic N) is 2. The number of ether oxygens (including phenoxy) is 1. The first-order valence-electron chi connectivity index (χ1n) is 9.38. The third kappa shape index (κ3) is 4.24. The van der Waals surface area contributed by atoms with Crippen molar-refractivity contribution in [2.24, 2.45) is 5.92 Å². The normalized spacial score (nSPS) is 14.7. The molecule has 0 saturated heterocycles. The molecule has 0 fully saturated rings. The van der Waals surface area contributed by atoms with Crippen LogP contribution in [-0.4, -0.2) is 38.6 Å². The number of hydrogen-bond donors (Lipinski definition) is 2. The van der Waals surface area contributed by atoms with Crippen molar-refractivity contribution in [1.82, 2.24) is 9.97 Å². The quantitative estimate of drug-likeness (QED) is 0.557. The van der Waals surface area contributed by atoms with Gasteiger partial charge in [0, 0.05) is 6.42 Å². The molecule has 0 bridgehead atoms. The van der Waals surface area contributed by atoms with E-state index in [9.17, 15) is 14.9 Å². The summed E-state index contributed by atoms with van der Waals surface area (Å²) in [7, 11) is -0.952. The van der Waals surface area contributed by atoms with Gasteiger partial charge in [-0.15, -0.1) is 0 Å². The fourth-order valence-corrected chi connectivity index (χ4v) is 3.44. The average Bonchev–Trinajstić information content (AvgIpc) is 3.03. The van der Waals surface area contributed by atoms with Crippen LogP contribution in [0.2, 0.25) is 0 Å². The third-order valence-electron chi connectivity index (χ3n) is 5.25. The maximum Gasteiger partial charge on any atom is 0.492 e. The van der Waals surface area contributed by atoms with E-state index in [2.05, 4.69) is 9.97 Å². The lowest BCUT2D eigenvalue weighted by atomic mass is 9.76. The number of fused-ring (bicyclic) bond motifs is 1. The molecule has 1 aromatic heterocycles. The van der Waals surface area contributed by atoms with Crippen LogP contribution in [0.3, 0.4) is 0 Å². The summed E-state index contributed by atoms with van der Waals surface area (Å²) in [5, 5.41) is 20.1. The lowest BCUT2D eigenvalue weighted by Gasteiger charge is -2.27. The van der Waals surface area contributed by atoms with Gasteiger partial charge in [-0.1, -0.05) is 19.4 Å². The molecule has 0 aliphatic carbocycles. The van der Waals surface area contributed by atoms with Crippen LogP contribution < -0.4 is 10.2 Å². The van der Waals surface area contributed by atoms with Gasteiger partial charge in [0.05, 0.1) is 24.6 Å². The highest BCUT2D eigenvalue weighted by molar-refractivity contribution is 6.62. The first-order valence-corrected chi connectivity index (χ1v) is 9.38. The van der Waals surface area contributed by atoms with Crippen molar-refractivity contribution < 1.29 is 24.3 Å². The van der Waals surface area contributed by atoms with Crippen LogP contribution in [0.5, 0.6) is 11.6 Å². The van der Waals surface area contributed by atoms with E-state index in [1.807, 2.05) is 19.9 Å². The van der Waals surface area contributed by atoms with Gasteiger partial charge in [-0.05, 0) is 49.3 Å². The number of hydrogen-bond acceptors (Lipinski definition) is 7. The molecule has 0 spiro atoms. The van der Waals surface area contributed by atoms with E-state index in [0.29, 0.717) is 18.8 Å². The van der Waals surface area contributed by atoms with Gasteiger partial charge in [0.2, 0.25) is 5.88 Å². The molecule has 2 N–H and O–H groups in total. The predicted octanol–water partition coefficient (Wildman–Crippen LogP) is 2.16. The van der Waals surface area contributed by atoms with Gasteiger partial charge >= 0.3 is 7.12 Å². The molecule has 2 aromatic rings. The van der Waals surface area contributed by atoms with Gasteiger partial charge in [-0.25, -0.2) is 9.97 Å². The minimum absolute atomic E-state index is 0.152. The lowest BCUT2D eigenvalue weighted by molar-refractivity contribution is 0.0121. The summed E-state index contributed by atoms with van der Waals surface area (Å²) in [6.07, 6.45) is 3.68. The highest BCUT2D eigenvalue weighted by Crippen LogP contribution is 2.27. The van der Waals surface area contributed by atoms with E-state index in [1.54, 1.807) is 19.9 Å². The third-order valence-corrected chi connectivity index (χ3v) is 5.25. The Morgan fingerprint density at radius 3 is 2.71 bits per heavy atom. The van der Waals surface area contributed by atoms with Crippen molar-refractivity contribution in [1.29, 1.82) is 0 Å². The average molecular weight is 384 g/mol. The molecule has 7 nitrogen and oxygen atoms in total. The smallest absolute Gasteiger partial charge is 0.437 e. The summed E-state index contributed by atoms with van der Waals surface area (Å²) in [6.45, 7) is 7.58. The number of benzene rings is 1. The fourth-order valence-electron chi connectivity index (χ4n) is 3.44. The van der Waals surface area contributed by atoms with E-state index in [-0.39, 0.29) is 29.7 Å². The van der Waals surface area contributed by atoms with Crippen molar-refractivity contribution >= 4 is 18.4 Å². The minimum atomic E-state index is -0.952. The molecule has 148 valence electrons. The van der Waals surface area contributed by atoms with Crippen molar-refractivity contribution in [2.45, 2.75) is 52.7 Å². The topological polar surface area (TPSA) is 102 Å². The molecule has 1 aliphatic heterocycles. The molecule has 1 aromatic carbocycles. The predicted molar refractivity (Wildman–Crippen MR) is 105 cm³/mol. The van der Waals surface area contributed by atoms with Crippen LogP contribution in [0, 0.1) is 12.8 Å². The monoisotopic (exact) mass is 384 g/mol. The zero-order chi connectivity index (χ0) is 20.5. The number of aliphatic hydroxyl groups is 1. The molecule has 3 rings (SSSR count). The van der Waals surface area contributed by atoms with Crippen molar-refractivity contribution in [3.8, 4) is 11.6 Å². The maximum atomic E-state index is 12.5. The first kappa shape index (κ1) is 20.4. The number of Topliss-reactive ketones (excluding diaryl/α,β-unsaturated/α-hetero) is 1. The summed E-state index contributed by atoms with van der Waals surface area (Å²) in [4.78, 5) is 20.8. The maximum absolute atomic E-state index is 12.5. The van der Waals surface area contributed by atoms with Gasteiger partial charge in [0.15, 0.2) is 5.78 Å². The summed E-state index contributed by atoms with van der Waals surface area (Å²) >= 11 is 0. The molecule has 0 radical (unpaired) electrons. The number of rotatable bonds is 7. The van der Waals surface area contributed by atoms with E-state index in [1.165, 1.54) is 12.4 Å². The molecule has 1 aliphatic rings. The van der Waals surface area contributed by atoms with E-state index < -0.39 is 12.7 Å². The van der Waals surface area contributed by atoms with Gasteiger partial charge in [-0.3, -0.25) is 4.79 Å². The summed E-state index contributed by atoms with van der Waals surface area (Å²) < 4.78 is 11.0. The Morgan fingerprint density at radius 2 is 2.11 bits per heavy atom. The Labute approximate surface area is 164 Å². The lowest BCUT2D eigenvalue weighted by Crippen LogP contribution is -2.32. The Hall–Kier alpha value is -2.29. The Morgan fingerprint density at radius 1 is 1.36 bits per heavy atom. The van der Waals surface area contributed by atoms with E-state index >= 15 is 0 Å². The molecule has 1 atom stereocenters. The number of ketones is 1. The second-order valence-corrected chi connectivity index (χ2v) is 7.65. The SMILES string of the molecule is CC[C@H](CC(=O)c1cnc(Oc2ccc3c(c2C)B(O)OC3)cn1)C(C)(C)O. The largest absolute Gasteiger partial charge is 0.492 e. The summed E-state index contributed by atoms with van der Waals surface area (Å²) in [6, 6.07) is 3.65. The molecule has 28 heavy (non-hydrogen) atoms. The zero-order valence-corrected chi connectivity index (χ0v) is 16.6. The Bertz CT molecular complexity index is 864. The summed E-state index contributed by atoms with van der Waals surface area (Å²) in [5.74, 6) is 0.481. The van der Waals surface area contributed by atoms with E-state index in [0.717, 1.165) is 16.6 Å². The number of carbonyl (C=O) groups is 1. The standard InChI is InChI=1S/C20H25BN2O5/c1-5-14(20(3,4)25)8-16(24)15-9-23-18(10-22-15)28-17-7-6-13-11-27-21(26)19(13)12(17)2/h6-7,9-10,14,25-26H,5,8,11H2,1-4H3/t14-/m1/s1. The molecular weight excluding hydrogens is 359 g/mol. The van der Waals surface area contributed by atoms with Gasteiger partial charge in [0.1, 0.15) is 11.4 Å². The van der Waals surface area contributed by atoms with Crippen LogP contribution in [0.4, 0.5) is 0 Å².